The highest BCUT2D eigenvalue weighted by molar-refractivity contribution is 5.92. The van der Waals surface area contributed by atoms with Gasteiger partial charge in [0.05, 0.1) is 18.4 Å². The first-order chi connectivity index (χ1) is 20.3. The second kappa shape index (κ2) is 12.1. The van der Waals surface area contributed by atoms with Crippen LogP contribution in [0.25, 0.3) is 0 Å². The Morgan fingerprint density at radius 1 is 1.00 bits per heavy atom. The highest BCUT2D eigenvalue weighted by atomic mass is 16.5. The Balaban J connectivity index is 1.11. The van der Waals surface area contributed by atoms with Crippen molar-refractivity contribution >= 4 is 29.4 Å². The number of aliphatic hydroxyl groups is 2. The summed E-state index contributed by atoms with van der Waals surface area (Å²) in [6.45, 7) is 3.91. The van der Waals surface area contributed by atoms with E-state index in [9.17, 15) is 34.2 Å². The van der Waals surface area contributed by atoms with Crippen LogP contribution >= 0.6 is 0 Å². The maximum atomic E-state index is 13.4. The van der Waals surface area contributed by atoms with E-state index in [4.69, 9.17) is 9.84 Å². The second-order valence-corrected chi connectivity index (χ2v) is 14.4. The molecule has 0 saturated heterocycles. The molecule has 0 bridgehead atoms. The number of hydrogen-bond donors (Lipinski definition) is 4. The van der Waals surface area contributed by atoms with Crippen LogP contribution in [0.2, 0.25) is 0 Å². The average molecular weight is 602 g/mol. The minimum atomic E-state index is -1.72. The minimum Gasteiger partial charge on any atom is -0.481 e. The number of ketones is 2. The summed E-state index contributed by atoms with van der Waals surface area (Å²) in [5.41, 5.74) is -1.71. The molecule has 10 nitrogen and oxygen atoms in total. The Morgan fingerprint density at radius 3 is 2.42 bits per heavy atom. The van der Waals surface area contributed by atoms with Gasteiger partial charge >= 0.3 is 11.9 Å². The molecule has 1 amide bonds. The molecule has 4 fully saturated rings. The van der Waals surface area contributed by atoms with Gasteiger partial charge in [0.2, 0.25) is 11.7 Å². The van der Waals surface area contributed by atoms with Crippen LogP contribution in [-0.4, -0.2) is 69.6 Å². The van der Waals surface area contributed by atoms with E-state index in [-0.39, 0.29) is 72.4 Å². The number of carbonyl (C=O) groups excluding carboxylic acids is 4. The van der Waals surface area contributed by atoms with Crippen LogP contribution in [0, 0.1) is 40.4 Å². The number of aliphatic hydroxyl groups excluding tert-OH is 1. The lowest BCUT2D eigenvalue weighted by molar-refractivity contribution is -0.184. The Bertz CT molecular complexity index is 1190. The largest absolute Gasteiger partial charge is 0.481 e. The van der Waals surface area contributed by atoms with Crippen molar-refractivity contribution in [3.05, 3.63) is 11.6 Å². The van der Waals surface area contributed by atoms with Crippen LogP contribution < -0.4 is 5.32 Å². The van der Waals surface area contributed by atoms with Gasteiger partial charge in [0.25, 0.3) is 0 Å². The van der Waals surface area contributed by atoms with Gasteiger partial charge in [-0.25, -0.2) is 0 Å². The first-order valence-corrected chi connectivity index (χ1v) is 16.1. The van der Waals surface area contributed by atoms with Crippen LogP contribution in [0.15, 0.2) is 11.6 Å². The van der Waals surface area contributed by atoms with Crippen LogP contribution in [-0.2, 0) is 28.7 Å². The maximum Gasteiger partial charge on any atom is 0.306 e. The summed E-state index contributed by atoms with van der Waals surface area (Å²) < 4.78 is 5.23. The summed E-state index contributed by atoms with van der Waals surface area (Å²) in [5, 5.41) is 35.3. The number of Topliss-reactive ketones (excluding diaryl/α,β-unsaturated/α-hetero) is 1. The molecular weight excluding hydrogens is 554 g/mol. The van der Waals surface area contributed by atoms with E-state index >= 15 is 0 Å². The van der Waals surface area contributed by atoms with E-state index in [1.54, 1.807) is 6.08 Å². The Morgan fingerprint density at radius 2 is 1.72 bits per heavy atom. The van der Waals surface area contributed by atoms with Crippen molar-refractivity contribution in [3.8, 4) is 0 Å². The molecule has 0 heterocycles. The number of carboxylic acid groups (broad SMARTS) is 1. The van der Waals surface area contributed by atoms with Crippen LogP contribution in [0.3, 0.4) is 0 Å². The lowest BCUT2D eigenvalue weighted by atomic mass is 9.45. The van der Waals surface area contributed by atoms with Crippen molar-refractivity contribution < 1.29 is 44.0 Å². The molecule has 5 aliphatic carbocycles. The average Bonchev–Trinajstić information content (AvgIpc) is 3.24. The number of hydrogen-bond acceptors (Lipinski definition) is 8. The third-order valence-electron chi connectivity index (χ3n) is 12.2. The maximum absolute atomic E-state index is 13.4. The second-order valence-electron chi connectivity index (χ2n) is 14.4. The third kappa shape index (κ3) is 5.81. The lowest BCUT2D eigenvalue weighted by Crippen LogP contribution is -2.62. The summed E-state index contributed by atoms with van der Waals surface area (Å²) in [4.78, 5) is 61.3. The fourth-order valence-electron chi connectivity index (χ4n) is 9.66. The molecule has 0 aromatic heterocycles. The number of nitrogens with one attached hydrogen (secondary N) is 1. The van der Waals surface area contributed by atoms with Crippen molar-refractivity contribution in [1.82, 2.24) is 5.32 Å². The molecule has 4 saturated carbocycles. The van der Waals surface area contributed by atoms with Crippen molar-refractivity contribution in [2.45, 2.75) is 109 Å². The van der Waals surface area contributed by atoms with Gasteiger partial charge in [0.1, 0.15) is 5.60 Å². The molecule has 5 aliphatic rings. The molecule has 0 aromatic rings. The molecular formula is C33H47NO9. The van der Waals surface area contributed by atoms with Crippen LogP contribution in [0.4, 0.5) is 0 Å². The van der Waals surface area contributed by atoms with Gasteiger partial charge in [-0.05, 0) is 99.4 Å². The van der Waals surface area contributed by atoms with Crippen LogP contribution in [0.1, 0.15) is 97.3 Å². The molecule has 238 valence electrons. The van der Waals surface area contributed by atoms with Gasteiger partial charge in [-0.1, -0.05) is 19.4 Å². The summed E-state index contributed by atoms with van der Waals surface area (Å²) in [7, 11) is 0. The predicted octanol–water partition coefficient (Wildman–Crippen LogP) is 3.12. The highest BCUT2D eigenvalue weighted by Gasteiger charge is 2.68. The Labute approximate surface area is 253 Å². The van der Waals surface area contributed by atoms with E-state index in [0.29, 0.717) is 38.6 Å². The summed E-state index contributed by atoms with van der Waals surface area (Å²) in [5.74, 6) is -2.15. The number of amides is 1. The predicted molar refractivity (Wildman–Crippen MR) is 154 cm³/mol. The van der Waals surface area contributed by atoms with Gasteiger partial charge < -0.3 is 25.4 Å². The molecule has 4 N–H and O–H groups in total. The van der Waals surface area contributed by atoms with Crippen molar-refractivity contribution in [2.75, 3.05) is 13.2 Å². The Kier molecular flexibility index (Phi) is 8.93. The topological polar surface area (TPSA) is 167 Å². The van der Waals surface area contributed by atoms with E-state index in [0.717, 1.165) is 31.3 Å². The SMILES string of the molecule is C[C@]12CCC(=O)C=C1CCC1C2C(O)C[C@@]2(C)C1CC[C@]2(O)C(=O)COC(=O)CCC(=O)NCC1CCC(C(=O)O)CC1. The number of rotatable bonds is 9. The first-order valence-electron chi connectivity index (χ1n) is 16.1. The number of esters is 1. The molecule has 0 spiro atoms. The number of carbonyl (C=O) groups is 5. The molecule has 0 aliphatic heterocycles. The molecule has 10 heteroatoms. The first kappa shape index (κ1) is 31.8. The van der Waals surface area contributed by atoms with Gasteiger partial charge in [0.15, 0.2) is 12.4 Å². The molecule has 7 atom stereocenters. The highest BCUT2D eigenvalue weighted by Crippen LogP contribution is 2.67. The minimum absolute atomic E-state index is 0.0279. The summed E-state index contributed by atoms with van der Waals surface area (Å²) in [6, 6.07) is 0. The standard InChI is InChI=1S/C33H47NO9/c1-31-13-11-22(35)15-21(31)7-8-23-24-12-14-33(42,32(24,2)16-25(36)29(23)31)26(37)18-43-28(39)10-9-27(38)34-17-19-3-5-20(6-4-19)30(40)41/h15,19-20,23-25,29,36,42H,3-14,16-18H2,1-2H3,(H,34,38)(H,40,41)/t19?,20?,23?,24?,25?,29?,31-,32-,33-/m0/s1. The number of carboxylic acids is 1. The van der Waals surface area contributed by atoms with E-state index in [1.165, 1.54) is 0 Å². The van der Waals surface area contributed by atoms with Gasteiger partial charge in [-0.15, -0.1) is 0 Å². The molecule has 4 unspecified atom stereocenters. The van der Waals surface area contributed by atoms with Gasteiger partial charge in [-0.3, -0.25) is 24.0 Å². The third-order valence-corrected chi connectivity index (χ3v) is 12.2. The monoisotopic (exact) mass is 601 g/mol. The van der Waals surface area contributed by atoms with Gasteiger partial charge in [0, 0.05) is 24.8 Å². The summed E-state index contributed by atoms with van der Waals surface area (Å²) in [6.07, 6.45) is 7.39. The smallest absolute Gasteiger partial charge is 0.306 e. The van der Waals surface area contributed by atoms with E-state index in [2.05, 4.69) is 12.2 Å². The normalized spacial score (nSPS) is 40.4. The fourth-order valence-corrected chi connectivity index (χ4v) is 9.66. The Hall–Kier alpha value is -2.59. The molecule has 0 aromatic carbocycles. The van der Waals surface area contributed by atoms with Crippen LogP contribution in [0.5, 0.6) is 0 Å². The fraction of sp³-hybridized carbons (Fsp3) is 0.788. The zero-order valence-corrected chi connectivity index (χ0v) is 25.4. The van der Waals surface area contributed by atoms with Crippen molar-refractivity contribution in [1.29, 1.82) is 0 Å². The zero-order chi connectivity index (χ0) is 31.2. The zero-order valence-electron chi connectivity index (χ0n) is 25.4. The number of fused-ring (bicyclic) bond motifs is 5. The van der Waals surface area contributed by atoms with E-state index < -0.39 is 41.4 Å². The van der Waals surface area contributed by atoms with E-state index in [1.807, 2.05) is 6.92 Å². The quantitative estimate of drug-likeness (QED) is 0.290. The van der Waals surface area contributed by atoms with Crippen molar-refractivity contribution in [2.24, 2.45) is 40.4 Å². The number of aliphatic carboxylic acids is 1. The molecule has 43 heavy (non-hydrogen) atoms. The molecule has 0 radical (unpaired) electrons. The summed E-state index contributed by atoms with van der Waals surface area (Å²) >= 11 is 0. The van der Waals surface area contributed by atoms with Crippen molar-refractivity contribution in [3.63, 3.8) is 0 Å². The lowest BCUT2D eigenvalue weighted by Gasteiger charge is -2.60. The van der Waals surface area contributed by atoms with Gasteiger partial charge in [-0.2, -0.15) is 0 Å². The molecule has 5 rings (SSSR count). The number of allylic oxidation sites excluding steroid dienone is 1. The number of ether oxygens (including phenoxy) is 1.